The summed E-state index contributed by atoms with van der Waals surface area (Å²) in [6.45, 7) is 22.2. The van der Waals surface area contributed by atoms with Gasteiger partial charge in [-0.05, 0) is 0 Å². The van der Waals surface area contributed by atoms with Crippen LogP contribution < -0.4 is 0 Å². The maximum absolute atomic E-state index is 5.19. The number of rotatable bonds is 8. The summed E-state index contributed by atoms with van der Waals surface area (Å²) in [6, 6.07) is 13.2. The predicted molar refractivity (Wildman–Crippen MR) is 162 cm³/mol. The molecule has 0 fully saturated rings. The topological polar surface area (TPSA) is 24.7 Å². The monoisotopic (exact) mass is 510 g/mol. The van der Waals surface area contributed by atoms with Crippen LogP contribution >= 0.6 is 0 Å². The van der Waals surface area contributed by atoms with Crippen LogP contribution in [0.2, 0.25) is 4.78 Å². The Bertz CT molecular complexity index is 860. The fourth-order valence-electron chi connectivity index (χ4n) is 4.08. The first-order chi connectivity index (χ1) is 15.0. The Morgan fingerprint density at radius 2 is 0.794 bits per heavy atom. The minimum absolute atomic E-state index is 0. The van der Waals surface area contributed by atoms with E-state index in [0.717, 1.165) is 22.8 Å². The number of aliphatic imine (C=N–C) groups is 2. The molecule has 2 aromatic carbocycles. The summed E-state index contributed by atoms with van der Waals surface area (Å²) < 4.78 is 0.0930. The molecule has 0 heterocycles. The van der Waals surface area contributed by atoms with Gasteiger partial charge in [-0.25, -0.2) is 0 Å². The van der Waals surface area contributed by atoms with Gasteiger partial charge in [0.2, 0.25) is 0 Å². The minimum atomic E-state index is 0. The molecule has 2 aromatic rings. The second-order valence-electron chi connectivity index (χ2n) is 10.2. The Labute approximate surface area is 231 Å². The molecule has 0 saturated carbocycles. The first-order valence-electron chi connectivity index (χ1n) is 12.1. The van der Waals surface area contributed by atoms with E-state index in [1.165, 1.54) is 22.3 Å². The number of benzene rings is 2. The predicted octanol–water partition coefficient (Wildman–Crippen LogP) is 8.48. The molecule has 2 nitrogen and oxygen atoms in total. The summed E-state index contributed by atoms with van der Waals surface area (Å²) in [6.07, 6.45) is 0. The second kappa shape index (κ2) is 14.5. The Morgan fingerprint density at radius 1 is 0.559 bits per heavy atom. The molecule has 0 amide bonds. The van der Waals surface area contributed by atoms with E-state index in [2.05, 4.69) is 122 Å². The Hall–Kier alpha value is -0.988. The van der Waals surface area contributed by atoms with Gasteiger partial charge in [-0.2, -0.15) is 0 Å². The molecule has 0 aliphatic heterocycles. The van der Waals surface area contributed by atoms with Crippen LogP contribution in [0.5, 0.6) is 0 Å². The van der Waals surface area contributed by atoms with Gasteiger partial charge in [0, 0.05) is 0 Å². The standard InChI is InChI=1S/C29H41N2.Al.2H2S/c1-18(2)24-13-11-14-25(19(3)4)28(24)30-22(9)17-23(10)31-29-26(20(5)6)15-12-16-27(29)21(7)8;;;/h11-21H,1-10H3;;2*1H2/q;+2;;/p-2. The summed E-state index contributed by atoms with van der Waals surface area (Å²) in [5, 5.41) is 0. The third kappa shape index (κ3) is 8.02. The van der Waals surface area contributed by atoms with Gasteiger partial charge in [0.15, 0.2) is 0 Å². The second-order valence-corrected chi connectivity index (χ2v) is 10.8. The van der Waals surface area contributed by atoms with E-state index in [-0.39, 0.29) is 31.8 Å². The fourth-order valence-corrected chi connectivity index (χ4v) is 4.22. The maximum Gasteiger partial charge on any atom is -0.813 e. The molecule has 184 valence electrons. The van der Waals surface area contributed by atoms with E-state index < -0.39 is 0 Å². The zero-order valence-corrected chi connectivity index (χ0v) is 25.7. The molecular formula is C29H43AlN2S2. The van der Waals surface area contributed by atoms with Crippen LogP contribution in [-0.2, 0) is 27.0 Å². The molecule has 0 saturated heterocycles. The van der Waals surface area contributed by atoms with Gasteiger partial charge in [-0.3, -0.25) is 0 Å². The smallest absolute Gasteiger partial charge is 0.813 e. The minimum Gasteiger partial charge on any atom is -0.813 e. The van der Waals surface area contributed by atoms with Crippen molar-refractivity contribution in [2.75, 3.05) is 0 Å². The number of hydrogen-bond acceptors (Lipinski definition) is 4. The molecular weight excluding hydrogens is 467 g/mol. The van der Waals surface area contributed by atoms with Crippen LogP contribution in [0.1, 0.15) is 115 Å². The van der Waals surface area contributed by atoms with Crippen molar-refractivity contribution in [3.05, 3.63) is 58.7 Å². The van der Waals surface area contributed by atoms with Crippen LogP contribution in [0.3, 0.4) is 0 Å². The molecule has 0 bridgehead atoms. The van der Waals surface area contributed by atoms with Crippen molar-refractivity contribution in [1.29, 1.82) is 0 Å². The molecule has 0 atom stereocenters. The van der Waals surface area contributed by atoms with Crippen LogP contribution in [0.4, 0.5) is 11.4 Å². The van der Waals surface area contributed by atoms with Crippen LogP contribution in [0, 0.1) is 0 Å². The molecule has 0 radical (unpaired) electrons. The largest absolute Gasteiger partial charge is 0.813 e. The van der Waals surface area contributed by atoms with Gasteiger partial charge >= 0.3 is 205 Å². The third-order valence-electron chi connectivity index (χ3n) is 6.16. The summed E-state index contributed by atoms with van der Waals surface area (Å²) >= 11 is 2.98. The molecule has 0 spiro atoms. The van der Waals surface area contributed by atoms with E-state index >= 15 is 0 Å². The number of hydrogen-bond donors (Lipinski definition) is 0. The summed E-state index contributed by atoms with van der Waals surface area (Å²) in [5.41, 5.74) is 9.70. The van der Waals surface area contributed by atoms with E-state index in [1.54, 1.807) is 0 Å². The van der Waals surface area contributed by atoms with Crippen LogP contribution in [0.25, 0.3) is 0 Å². The van der Waals surface area contributed by atoms with Gasteiger partial charge in [0.05, 0.1) is 0 Å². The van der Waals surface area contributed by atoms with Crippen molar-refractivity contribution >= 4 is 66.1 Å². The molecule has 0 aromatic heterocycles. The van der Waals surface area contributed by atoms with Gasteiger partial charge < -0.3 is 27.0 Å². The van der Waals surface area contributed by atoms with Crippen molar-refractivity contribution in [3.8, 4) is 0 Å². The van der Waals surface area contributed by atoms with Crippen molar-refractivity contribution in [2.24, 2.45) is 9.98 Å². The molecule has 0 aliphatic carbocycles. The molecule has 0 N–H and O–H groups in total. The van der Waals surface area contributed by atoms with Crippen molar-refractivity contribution in [2.45, 2.75) is 97.7 Å². The van der Waals surface area contributed by atoms with Gasteiger partial charge in [0.25, 0.3) is 0 Å². The molecule has 2 rings (SSSR count). The normalized spacial score (nSPS) is 13.4. The molecule has 5 heteroatoms. The quantitative estimate of drug-likeness (QED) is 0.154. The van der Waals surface area contributed by atoms with Crippen LogP contribution in [-0.4, -0.2) is 27.7 Å². The molecule has 34 heavy (non-hydrogen) atoms. The first kappa shape index (κ1) is 33.0. The SMILES string of the molecule is CC(=Nc1c(C(C)C)cccc1C(C)C)[CH]([Al+2])C(C)=Nc1c(C(C)C)cccc1C(C)C.[SH-].[SH-]. The maximum atomic E-state index is 5.19. The van der Waals surface area contributed by atoms with Crippen molar-refractivity contribution in [1.82, 2.24) is 0 Å². The average Bonchev–Trinajstić information content (AvgIpc) is 2.72. The Balaban J connectivity index is 0.00000544. The fraction of sp³-hybridized carbons (Fsp3) is 0.517. The van der Waals surface area contributed by atoms with Crippen molar-refractivity contribution < 1.29 is 0 Å². The first-order valence-corrected chi connectivity index (χ1v) is 12.7. The average molecular weight is 511 g/mol. The van der Waals surface area contributed by atoms with E-state index in [1.807, 2.05) is 0 Å². The van der Waals surface area contributed by atoms with Gasteiger partial charge in [-0.1, -0.05) is 0 Å². The Morgan fingerprint density at radius 3 is 1.00 bits per heavy atom. The molecule has 0 unspecified atom stereocenters. The van der Waals surface area contributed by atoms with Crippen molar-refractivity contribution in [3.63, 3.8) is 0 Å². The molecule has 0 aliphatic rings. The number of nitrogens with zero attached hydrogens (tertiary/aromatic N) is 2. The zero-order chi connectivity index (χ0) is 24.2. The number of thiol groups is 2. The third-order valence-corrected chi connectivity index (χ3v) is 7.13. The zero-order valence-electron chi connectivity index (χ0n) is 22.7. The van der Waals surface area contributed by atoms with Crippen LogP contribution in [0.15, 0.2) is 46.4 Å². The van der Waals surface area contributed by atoms with E-state index in [4.69, 9.17) is 9.98 Å². The van der Waals surface area contributed by atoms with E-state index in [0.29, 0.717) is 23.7 Å². The summed E-state index contributed by atoms with van der Waals surface area (Å²) in [5.74, 6) is 1.74. The number of para-hydroxylation sites is 2. The Kier molecular flexibility index (Phi) is 14.1. The van der Waals surface area contributed by atoms with Gasteiger partial charge in [0.1, 0.15) is 0 Å². The summed E-state index contributed by atoms with van der Waals surface area (Å²) in [4.78, 5) is 10.4. The van der Waals surface area contributed by atoms with Gasteiger partial charge in [-0.15, -0.1) is 0 Å². The summed E-state index contributed by atoms with van der Waals surface area (Å²) in [7, 11) is 0. The van der Waals surface area contributed by atoms with E-state index in [9.17, 15) is 0 Å².